The molecule has 0 spiro atoms. The van der Waals surface area contributed by atoms with Crippen LogP contribution < -0.4 is 5.32 Å². The second-order valence-electron chi connectivity index (χ2n) is 6.78. The minimum atomic E-state index is 0.464. The van der Waals surface area contributed by atoms with E-state index >= 15 is 0 Å². The summed E-state index contributed by atoms with van der Waals surface area (Å²) in [6.45, 7) is 3.13. The topological polar surface area (TPSA) is 53.9 Å². The fourth-order valence-corrected chi connectivity index (χ4v) is 3.07. The van der Waals surface area contributed by atoms with Gasteiger partial charge in [0.15, 0.2) is 5.82 Å². The van der Waals surface area contributed by atoms with Crippen LogP contribution in [0, 0.1) is 0 Å². The zero-order chi connectivity index (χ0) is 17.2. The number of pyridine rings is 1. The average molecular weight is 333 g/mol. The summed E-state index contributed by atoms with van der Waals surface area (Å²) in [6, 6.07) is 13.3. The molecule has 1 atom stereocenters. The molecule has 1 N–H and O–H groups in total. The SMILES string of the molecule is CC(CNc1nc(-c2ccncc2)nc2ccccc12)N(C)C1CC1. The monoisotopic (exact) mass is 333 g/mol. The van der Waals surface area contributed by atoms with Crippen molar-refractivity contribution in [3.63, 3.8) is 0 Å². The highest BCUT2D eigenvalue weighted by Crippen LogP contribution is 2.28. The van der Waals surface area contributed by atoms with E-state index in [1.807, 2.05) is 30.3 Å². The van der Waals surface area contributed by atoms with E-state index in [1.54, 1.807) is 12.4 Å². The van der Waals surface area contributed by atoms with E-state index in [0.29, 0.717) is 6.04 Å². The van der Waals surface area contributed by atoms with E-state index in [-0.39, 0.29) is 0 Å². The fraction of sp³-hybridized carbons (Fsp3) is 0.350. The van der Waals surface area contributed by atoms with Crippen molar-refractivity contribution in [2.75, 3.05) is 18.9 Å². The van der Waals surface area contributed by atoms with Crippen LogP contribution in [-0.4, -0.2) is 45.5 Å². The van der Waals surface area contributed by atoms with Gasteiger partial charge in [0, 0.05) is 42.0 Å². The highest BCUT2D eigenvalue weighted by atomic mass is 15.2. The van der Waals surface area contributed by atoms with E-state index in [9.17, 15) is 0 Å². The molecule has 0 bridgehead atoms. The molecule has 4 rings (SSSR count). The third-order valence-electron chi connectivity index (χ3n) is 4.92. The van der Waals surface area contributed by atoms with Gasteiger partial charge in [0.05, 0.1) is 5.52 Å². The molecule has 1 aromatic carbocycles. The number of hydrogen-bond acceptors (Lipinski definition) is 5. The molecule has 1 aliphatic rings. The van der Waals surface area contributed by atoms with Gasteiger partial charge in [-0.25, -0.2) is 9.97 Å². The standard InChI is InChI=1S/C20H23N5/c1-14(25(2)16-7-8-16)13-22-20-17-5-3-4-6-18(17)23-19(24-20)15-9-11-21-12-10-15/h3-6,9-12,14,16H,7-8,13H2,1-2H3,(H,22,23,24). The Hall–Kier alpha value is -2.53. The summed E-state index contributed by atoms with van der Waals surface area (Å²) in [5.74, 6) is 1.63. The van der Waals surface area contributed by atoms with Crippen molar-refractivity contribution in [2.24, 2.45) is 0 Å². The average Bonchev–Trinajstić information content (AvgIpc) is 3.51. The maximum atomic E-state index is 4.79. The minimum Gasteiger partial charge on any atom is -0.368 e. The van der Waals surface area contributed by atoms with Gasteiger partial charge in [-0.2, -0.15) is 0 Å². The zero-order valence-corrected chi connectivity index (χ0v) is 14.7. The Morgan fingerprint density at radius 3 is 2.64 bits per heavy atom. The molecule has 25 heavy (non-hydrogen) atoms. The van der Waals surface area contributed by atoms with Crippen LogP contribution in [0.15, 0.2) is 48.8 Å². The first-order valence-electron chi connectivity index (χ1n) is 8.85. The number of fused-ring (bicyclic) bond motifs is 1. The lowest BCUT2D eigenvalue weighted by molar-refractivity contribution is 0.257. The van der Waals surface area contributed by atoms with Crippen molar-refractivity contribution in [3.05, 3.63) is 48.8 Å². The van der Waals surface area contributed by atoms with Crippen LogP contribution >= 0.6 is 0 Å². The lowest BCUT2D eigenvalue weighted by Gasteiger charge is -2.25. The second-order valence-corrected chi connectivity index (χ2v) is 6.78. The summed E-state index contributed by atoms with van der Waals surface area (Å²) >= 11 is 0. The minimum absolute atomic E-state index is 0.464. The van der Waals surface area contributed by atoms with Gasteiger partial charge in [-0.15, -0.1) is 0 Å². The molecule has 5 heteroatoms. The van der Waals surface area contributed by atoms with E-state index < -0.39 is 0 Å². The van der Waals surface area contributed by atoms with Gasteiger partial charge in [0.2, 0.25) is 0 Å². The summed E-state index contributed by atoms with van der Waals surface area (Å²) in [5, 5.41) is 4.61. The summed E-state index contributed by atoms with van der Waals surface area (Å²) in [7, 11) is 2.21. The molecule has 1 fully saturated rings. The van der Waals surface area contributed by atoms with Crippen molar-refractivity contribution in [3.8, 4) is 11.4 Å². The number of benzene rings is 1. The highest BCUT2D eigenvalue weighted by Gasteiger charge is 2.29. The van der Waals surface area contributed by atoms with Gasteiger partial charge in [0.1, 0.15) is 5.82 Å². The van der Waals surface area contributed by atoms with Gasteiger partial charge in [-0.1, -0.05) is 12.1 Å². The van der Waals surface area contributed by atoms with Crippen molar-refractivity contribution in [1.82, 2.24) is 19.9 Å². The Morgan fingerprint density at radius 1 is 1.12 bits per heavy atom. The van der Waals surface area contributed by atoms with Crippen molar-refractivity contribution in [2.45, 2.75) is 31.8 Å². The molecular weight excluding hydrogens is 310 g/mol. The Labute approximate surface area is 148 Å². The first-order valence-corrected chi connectivity index (χ1v) is 8.85. The number of anilines is 1. The highest BCUT2D eigenvalue weighted by molar-refractivity contribution is 5.90. The Bertz CT molecular complexity index is 860. The second kappa shape index (κ2) is 6.76. The van der Waals surface area contributed by atoms with Gasteiger partial charge in [-0.3, -0.25) is 9.88 Å². The van der Waals surface area contributed by atoms with Crippen molar-refractivity contribution < 1.29 is 0 Å². The molecule has 0 aliphatic heterocycles. The predicted octanol–water partition coefficient (Wildman–Crippen LogP) is 3.59. The Kier molecular flexibility index (Phi) is 4.32. The lowest BCUT2D eigenvalue weighted by atomic mass is 10.2. The summed E-state index contributed by atoms with van der Waals surface area (Å²) in [5.41, 5.74) is 1.93. The summed E-state index contributed by atoms with van der Waals surface area (Å²) in [6.07, 6.45) is 6.19. The zero-order valence-electron chi connectivity index (χ0n) is 14.7. The molecular formula is C20H23N5. The number of hydrogen-bond donors (Lipinski definition) is 1. The molecule has 1 aliphatic carbocycles. The third-order valence-corrected chi connectivity index (χ3v) is 4.92. The van der Waals surface area contributed by atoms with Crippen LogP contribution in [0.3, 0.4) is 0 Å². The maximum Gasteiger partial charge on any atom is 0.162 e. The number of rotatable bonds is 6. The van der Waals surface area contributed by atoms with E-state index in [1.165, 1.54) is 12.8 Å². The summed E-state index contributed by atoms with van der Waals surface area (Å²) < 4.78 is 0. The summed E-state index contributed by atoms with van der Waals surface area (Å²) in [4.78, 5) is 16.1. The smallest absolute Gasteiger partial charge is 0.162 e. The number of likely N-dealkylation sites (N-methyl/N-ethyl adjacent to an activating group) is 1. The number of para-hydroxylation sites is 1. The van der Waals surface area contributed by atoms with Crippen LogP contribution in [0.4, 0.5) is 5.82 Å². The Balaban J connectivity index is 1.64. The maximum absolute atomic E-state index is 4.79. The van der Waals surface area contributed by atoms with E-state index in [0.717, 1.165) is 40.7 Å². The molecule has 0 radical (unpaired) electrons. The molecule has 0 amide bonds. The van der Waals surface area contributed by atoms with Gasteiger partial charge < -0.3 is 5.32 Å². The van der Waals surface area contributed by atoms with Gasteiger partial charge in [-0.05, 0) is 51.1 Å². The molecule has 2 aromatic heterocycles. The lowest BCUT2D eigenvalue weighted by Crippen LogP contribution is -2.36. The van der Waals surface area contributed by atoms with Crippen LogP contribution in [0.5, 0.6) is 0 Å². The van der Waals surface area contributed by atoms with Crippen LogP contribution in [-0.2, 0) is 0 Å². The van der Waals surface area contributed by atoms with Gasteiger partial charge >= 0.3 is 0 Å². The number of nitrogens with zero attached hydrogens (tertiary/aromatic N) is 4. The van der Waals surface area contributed by atoms with Crippen LogP contribution in [0.1, 0.15) is 19.8 Å². The van der Waals surface area contributed by atoms with Crippen molar-refractivity contribution in [1.29, 1.82) is 0 Å². The van der Waals surface area contributed by atoms with Gasteiger partial charge in [0.25, 0.3) is 0 Å². The molecule has 1 saturated carbocycles. The fourth-order valence-electron chi connectivity index (χ4n) is 3.07. The quantitative estimate of drug-likeness (QED) is 0.747. The third kappa shape index (κ3) is 3.46. The van der Waals surface area contributed by atoms with E-state index in [4.69, 9.17) is 9.97 Å². The molecule has 3 aromatic rings. The Morgan fingerprint density at radius 2 is 1.88 bits per heavy atom. The first-order chi connectivity index (χ1) is 12.2. The molecule has 2 heterocycles. The molecule has 5 nitrogen and oxygen atoms in total. The molecule has 0 saturated heterocycles. The number of nitrogens with one attached hydrogen (secondary N) is 1. The first kappa shape index (κ1) is 16.0. The van der Waals surface area contributed by atoms with Crippen LogP contribution in [0.2, 0.25) is 0 Å². The largest absolute Gasteiger partial charge is 0.368 e. The molecule has 1 unspecified atom stereocenters. The molecule has 128 valence electrons. The normalized spacial score (nSPS) is 15.5. The van der Waals surface area contributed by atoms with Crippen LogP contribution in [0.25, 0.3) is 22.3 Å². The van der Waals surface area contributed by atoms with Crippen molar-refractivity contribution >= 4 is 16.7 Å². The predicted molar refractivity (Wildman–Crippen MR) is 102 cm³/mol. The number of aromatic nitrogens is 3. The van der Waals surface area contributed by atoms with E-state index in [2.05, 4.69) is 35.2 Å².